The van der Waals surface area contributed by atoms with Crippen LogP contribution in [0.4, 0.5) is 8.78 Å². The summed E-state index contributed by atoms with van der Waals surface area (Å²) in [5.41, 5.74) is 2.79. The highest BCUT2D eigenvalue weighted by Crippen LogP contribution is 2.18. The van der Waals surface area contributed by atoms with Crippen LogP contribution < -0.4 is 5.32 Å². The molecule has 1 atom stereocenters. The molecule has 0 bridgehead atoms. The molecule has 2 heterocycles. The summed E-state index contributed by atoms with van der Waals surface area (Å²) in [4.78, 5) is 6.83. The molecule has 0 radical (unpaired) electrons. The normalized spacial score (nSPS) is 16.7. The van der Waals surface area contributed by atoms with Gasteiger partial charge < -0.3 is 9.88 Å². The van der Waals surface area contributed by atoms with E-state index < -0.39 is 0 Å². The molecule has 2 aromatic carbocycles. The standard InChI is InChI=1S/C21H24F2N4/c22-17-3-1-16(2-4-17)13-19(26-11-8-24-9-12-26)7-10-27-15-25-20-14-18(23)5-6-21(20)27/h1-6,14-15,19,24H,7-13H2. The van der Waals surface area contributed by atoms with Gasteiger partial charge in [-0.15, -0.1) is 0 Å². The minimum Gasteiger partial charge on any atom is -0.331 e. The monoisotopic (exact) mass is 370 g/mol. The van der Waals surface area contributed by atoms with Gasteiger partial charge in [-0.2, -0.15) is 0 Å². The fraction of sp³-hybridized carbons (Fsp3) is 0.381. The Morgan fingerprint density at radius 3 is 2.52 bits per heavy atom. The maximum absolute atomic E-state index is 13.4. The molecule has 3 aromatic rings. The Labute approximate surface area is 157 Å². The van der Waals surface area contributed by atoms with Crippen molar-refractivity contribution in [2.75, 3.05) is 26.2 Å². The number of nitrogens with zero attached hydrogens (tertiary/aromatic N) is 3. The molecule has 1 aliphatic heterocycles. The SMILES string of the molecule is Fc1ccc(CC(CCn2cnc3cc(F)ccc32)N2CCNCC2)cc1. The topological polar surface area (TPSA) is 33.1 Å². The van der Waals surface area contributed by atoms with Crippen molar-refractivity contribution >= 4 is 11.0 Å². The molecule has 4 nitrogen and oxygen atoms in total. The first-order valence-corrected chi connectivity index (χ1v) is 9.49. The van der Waals surface area contributed by atoms with Crippen LogP contribution in [0.25, 0.3) is 11.0 Å². The van der Waals surface area contributed by atoms with Gasteiger partial charge in [-0.3, -0.25) is 4.90 Å². The Hall–Kier alpha value is -2.31. The summed E-state index contributed by atoms with van der Waals surface area (Å²) < 4.78 is 28.7. The zero-order chi connectivity index (χ0) is 18.6. The van der Waals surface area contributed by atoms with E-state index in [1.807, 2.05) is 12.1 Å². The number of aryl methyl sites for hydroxylation is 1. The van der Waals surface area contributed by atoms with Gasteiger partial charge in [-0.05, 0) is 42.7 Å². The quantitative estimate of drug-likeness (QED) is 0.723. The zero-order valence-corrected chi connectivity index (χ0v) is 15.2. The van der Waals surface area contributed by atoms with Crippen molar-refractivity contribution in [2.45, 2.75) is 25.4 Å². The molecule has 0 aliphatic carbocycles. The van der Waals surface area contributed by atoms with Gasteiger partial charge in [0.25, 0.3) is 0 Å². The first-order chi connectivity index (χ1) is 13.2. The predicted molar refractivity (Wildman–Crippen MR) is 103 cm³/mol. The number of nitrogens with one attached hydrogen (secondary N) is 1. The van der Waals surface area contributed by atoms with Gasteiger partial charge in [0, 0.05) is 44.8 Å². The van der Waals surface area contributed by atoms with Crippen molar-refractivity contribution in [3.8, 4) is 0 Å². The molecule has 0 spiro atoms. The average molecular weight is 370 g/mol. The van der Waals surface area contributed by atoms with Crippen LogP contribution in [0.2, 0.25) is 0 Å². The first-order valence-electron chi connectivity index (χ1n) is 9.49. The highest BCUT2D eigenvalue weighted by molar-refractivity contribution is 5.75. The van der Waals surface area contributed by atoms with E-state index in [2.05, 4.69) is 19.8 Å². The van der Waals surface area contributed by atoms with E-state index in [-0.39, 0.29) is 11.6 Å². The first kappa shape index (κ1) is 18.1. The minimum atomic E-state index is -0.261. The molecule has 1 N–H and O–H groups in total. The maximum atomic E-state index is 13.4. The average Bonchev–Trinajstić information content (AvgIpc) is 3.09. The molecular formula is C21H24F2N4. The molecule has 6 heteroatoms. The van der Waals surface area contributed by atoms with Gasteiger partial charge in [0.2, 0.25) is 0 Å². The van der Waals surface area contributed by atoms with Crippen LogP contribution in [0.1, 0.15) is 12.0 Å². The molecule has 27 heavy (non-hydrogen) atoms. The molecular weight excluding hydrogens is 346 g/mol. The second-order valence-corrected chi connectivity index (χ2v) is 7.13. The van der Waals surface area contributed by atoms with Crippen LogP contribution in [0.3, 0.4) is 0 Å². The molecule has 1 aliphatic rings. The maximum Gasteiger partial charge on any atom is 0.125 e. The van der Waals surface area contributed by atoms with Crippen LogP contribution in [0, 0.1) is 11.6 Å². The highest BCUT2D eigenvalue weighted by atomic mass is 19.1. The number of hydrogen-bond donors (Lipinski definition) is 1. The van der Waals surface area contributed by atoms with E-state index in [0.29, 0.717) is 11.6 Å². The third-order valence-electron chi connectivity index (χ3n) is 5.34. The van der Waals surface area contributed by atoms with E-state index >= 15 is 0 Å². The molecule has 1 saturated heterocycles. The van der Waals surface area contributed by atoms with Crippen LogP contribution in [0.15, 0.2) is 48.8 Å². The molecule has 142 valence electrons. The second-order valence-electron chi connectivity index (χ2n) is 7.13. The Bertz CT molecular complexity index is 885. The van der Waals surface area contributed by atoms with Crippen LogP contribution in [-0.4, -0.2) is 46.7 Å². The van der Waals surface area contributed by atoms with E-state index in [1.165, 1.54) is 24.3 Å². The Morgan fingerprint density at radius 2 is 1.74 bits per heavy atom. The van der Waals surface area contributed by atoms with Gasteiger partial charge in [0.05, 0.1) is 17.4 Å². The summed E-state index contributed by atoms with van der Waals surface area (Å²) in [5.74, 6) is -0.461. The molecule has 0 amide bonds. The summed E-state index contributed by atoms with van der Waals surface area (Å²) in [6.07, 6.45) is 3.64. The number of aromatic nitrogens is 2. The summed E-state index contributed by atoms with van der Waals surface area (Å²) in [6, 6.07) is 11.9. The number of benzene rings is 2. The number of halogens is 2. The van der Waals surface area contributed by atoms with Gasteiger partial charge in [0.15, 0.2) is 0 Å². The van der Waals surface area contributed by atoms with Crippen molar-refractivity contribution < 1.29 is 8.78 Å². The van der Waals surface area contributed by atoms with Gasteiger partial charge >= 0.3 is 0 Å². The number of imidazole rings is 1. The van der Waals surface area contributed by atoms with Gasteiger partial charge in [-0.25, -0.2) is 13.8 Å². The fourth-order valence-corrected chi connectivity index (χ4v) is 3.86. The van der Waals surface area contributed by atoms with Crippen LogP contribution >= 0.6 is 0 Å². The largest absolute Gasteiger partial charge is 0.331 e. The lowest BCUT2D eigenvalue weighted by Crippen LogP contribution is -2.49. The molecule has 4 rings (SSSR count). The third-order valence-corrected chi connectivity index (χ3v) is 5.34. The molecule has 0 saturated carbocycles. The van der Waals surface area contributed by atoms with Crippen LogP contribution in [-0.2, 0) is 13.0 Å². The summed E-state index contributed by atoms with van der Waals surface area (Å²) in [7, 11) is 0. The van der Waals surface area contributed by atoms with Crippen LogP contribution in [0.5, 0.6) is 0 Å². The van der Waals surface area contributed by atoms with E-state index in [0.717, 1.165) is 56.6 Å². The van der Waals surface area contributed by atoms with Crippen molar-refractivity contribution in [3.05, 3.63) is 66.0 Å². The van der Waals surface area contributed by atoms with E-state index in [9.17, 15) is 8.78 Å². The third kappa shape index (κ3) is 4.34. The number of piperazine rings is 1. The fourth-order valence-electron chi connectivity index (χ4n) is 3.86. The van der Waals surface area contributed by atoms with Crippen molar-refractivity contribution in [1.29, 1.82) is 0 Å². The predicted octanol–water partition coefficient (Wildman–Crippen LogP) is 3.22. The molecule has 1 aromatic heterocycles. The second kappa shape index (κ2) is 8.15. The lowest BCUT2D eigenvalue weighted by Gasteiger charge is -2.35. The summed E-state index contributed by atoms with van der Waals surface area (Å²) >= 11 is 0. The van der Waals surface area contributed by atoms with Gasteiger partial charge in [0.1, 0.15) is 11.6 Å². The lowest BCUT2D eigenvalue weighted by molar-refractivity contribution is 0.159. The molecule has 1 unspecified atom stereocenters. The smallest absolute Gasteiger partial charge is 0.125 e. The number of hydrogen-bond acceptors (Lipinski definition) is 3. The number of fused-ring (bicyclic) bond motifs is 1. The lowest BCUT2D eigenvalue weighted by atomic mass is 10.0. The Balaban J connectivity index is 1.50. The Kier molecular flexibility index (Phi) is 5.45. The minimum absolute atomic E-state index is 0.199. The zero-order valence-electron chi connectivity index (χ0n) is 15.2. The molecule has 1 fully saturated rings. The van der Waals surface area contributed by atoms with Crippen molar-refractivity contribution in [2.24, 2.45) is 0 Å². The Morgan fingerprint density at radius 1 is 1.00 bits per heavy atom. The summed E-state index contributed by atoms with van der Waals surface area (Å²) in [5, 5.41) is 3.40. The van der Waals surface area contributed by atoms with E-state index in [4.69, 9.17) is 0 Å². The summed E-state index contributed by atoms with van der Waals surface area (Å²) in [6.45, 7) is 4.84. The van der Waals surface area contributed by atoms with Crippen molar-refractivity contribution in [1.82, 2.24) is 19.8 Å². The van der Waals surface area contributed by atoms with E-state index in [1.54, 1.807) is 12.4 Å². The van der Waals surface area contributed by atoms with Gasteiger partial charge in [-0.1, -0.05) is 12.1 Å². The highest BCUT2D eigenvalue weighted by Gasteiger charge is 2.21. The number of rotatable bonds is 6. The van der Waals surface area contributed by atoms with Crippen molar-refractivity contribution in [3.63, 3.8) is 0 Å².